The maximum atomic E-state index is 13.2. The first-order valence-corrected chi connectivity index (χ1v) is 10.6. The molecule has 0 unspecified atom stereocenters. The third kappa shape index (κ3) is 5.34. The van der Waals surface area contributed by atoms with Crippen LogP contribution in [0.5, 0.6) is 0 Å². The average molecular weight is 425 g/mol. The van der Waals surface area contributed by atoms with Crippen LogP contribution in [0.4, 0.5) is 0 Å². The molecule has 0 bridgehead atoms. The summed E-state index contributed by atoms with van der Waals surface area (Å²) in [5.41, 5.74) is 1.59. The molecular weight excluding hydrogens is 400 g/mol. The van der Waals surface area contributed by atoms with Crippen LogP contribution in [0.25, 0.3) is 6.08 Å². The van der Waals surface area contributed by atoms with Crippen molar-refractivity contribution in [3.63, 3.8) is 0 Å². The van der Waals surface area contributed by atoms with E-state index in [1.165, 1.54) is 16.7 Å². The molecular formula is C23H24N2O2S2. The highest BCUT2D eigenvalue weighted by Crippen LogP contribution is 2.32. The topological polar surface area (TPSA) is 40.6 Å². The lowest BCUT2D eigenvalue weighted by Gasteiger charge is -2.36. The normalized spacial score (nSPS) is 15.8. The van der Waals surface area contributed by atoms with Gasteiger partial charge in [0.25, 0.3) is 5.91 Å². The van der Waals surface area contributed by atoms with Gasteiger partial charge in [0, 0.05) is 12.1 Å². The van der Waals surface area contributed by atoms with Crippen LogP contribution in [0, 0.1) is 0 Å². The van der Waals surface area contributed by atoms with E-state index in [2.05, 4.69) is 0 Å². The van der Waals surface area contributed by atoms with E-state index in [-0.39, 0.29) is 23.9 Å². The van der Waals surface area contributed by atoms with Crippen LogP contribution in [0.2, 0.25) is 0 Å². The molecule has 1 fully saturated rings. The molecule has 1 saturated heterocycles. The van der Waals surface area contributed by atoms with Crippen LogP contribution < -0.4 is 0 Å². The van der Waals surface area contributed by atoms with E-state index in [0.29, 0.717) is 15.8 Å². The van der Waals surface area contributed by atoms with E-state index in [1.807, 2.05) is 87.5 Å². The van der Waals surface area contributed by atoms with Gasteiger partial charge in [-0.1, -0.05) is 84.6 Å². The average Bonchev–Trinajstić information content (AvgIpc) is 2.94. The minimum absolute atomic E-state index is 0.0547. The van der Waals surface area contributed by atoms with Gasteiger partial charge in [0.2, 0.25) is 5.91 Å². The molecule has 0 saturated carbocycles. The largest absolute Gasteiger partial charge is 0.332 e. The van der Waals surface area contributed by atoms with Crippen molar-refractivity contribution in [3.05, 3.63) is 76.7 Å². The van der Waals surface area contributed by atoms with Crippen molar-refractivity contribution in [2.75, 3.05) is 6.54 Å². The van der Waals surface area contributed by atoms with Crippen molar-refractivity contribution in [1.29, 1.82) is 0 Å². The summed E-state index contributed by atoms with van der Waals surface area (Å²) in [5, 5.41) is 0. The zero-order valence-electron chi connectivity index (χ0n) is 16.8. The molecule has 2 amide bonds. The number of carbonyl (C=O) groups is 2. The maximum absolute atomic E-state index is 13.2. The van der Waals surface area contributed by atoms with Gasteiger partial charge in [-0.3, -0.25) is 14.5 Å². The highest BCUT2D eigenvalue weighted by atomic mass is 32.2. The van der Waals surface area contributed by atoms with E-state index in [1.54, 1.807) is 4.90 Å². The first-order chi connectivity index (χ1) is 13.8. The van der Waals surface area contributed by atoms with Gasteiger partial charge < -0.3 is 4.90 Å². The Bertz CT molecular complexity index is 934. The Morgan fingerprint density at radius 2 is 1.66 bits per heavy atom. The van der Waals surface area contributed by atoms with Crippen molar-refractivity contribution in [2.24, 2.45) is 0 Å². The molecule has 150 valence electrons. The predicted octanol–water partition coefficient (Wildman–Crippen LogP) is 4.72. The van der Waals surface area contributed by atoms with Crippen LogP contribution in [0.1, 0.15) is 31.9 Å². The Hall–Kier alpha value is -2.44. The number of thiocarbonyl (C=S) groups is 1. The second kappa shape index (κ2) is 8.93. The lowest BCUT2D eigenvalue weighted by molar-refractivity contribution is -0.140. The zero-order valence-corrected chi connectivity index (χ0v) is 18.4. The van der Waals surface area contributed by atoms with Gasteiger partial charge in [-0.05, 0) is 38.0 Å². The van der Waals surface area contributed by atoms with Gasteiger partial charge >= 0.3 is 0 Å². The highest BCUT2D eigenvalue weighted by molar-refractivity contribution is 8.26. The SMILES string of the molecule is CC(C)(C)N(Cc1ccccc1)C(=O)CN1C(=O)C(=Cc2ccccc2)SC1=S. The van der Waals surface area contributed by atoms with Crippen molar-refractivity contribution in [2.45, 2.75) is 32.9 Å². The summed E-state index contributed by atoms with van der Waals surface area (Å²) in [6, 6.07) is 19.5. The van der Waals surface area contributed by atoms with E-state index < -0.39 is 0 Å². The van der Waals surface area contributed by atoms with Gasteiger partial charge in [0.15, 0.2) is 0 Å². The molecule has 0 atom stereocenters. The minimum atomic E-state index is -0.382. The summed E-state index contributed by atoms with van der Waals surface area (Å²) in [6.07, 6.45) is 1.81. The van der Waals surface area contributed by atoms with Crippen molar-refractivity contribution in [3.8, 4) is 0 Å². The second-order valence-electron chi connectivity index (χ2n) is 7.81. The summed E-state index contributed by atoms with van der Waals surface area (Å²) in [6.45, 7) is 6.41. The molecule has 0 aromatic heterocycles. The third-order valence-electron chi connectivity index (χ3n) is 4.56. The molecule has 0 spiro atoms. The standard InChI is InChI=1S/C23H24N2O2S2/c1-23(2,3)25(15-18-12-8-5-9-13-18)20(26)16-24-21(27)19(29-22(24)28)14-17-10-6-4-7-11-17/h4-14H,15-16H2,1-3H3. The Kier molecular flexibility index (Phi) is 6.55. The molecule has 6 heteroatoms. The van der Waals surface area contributed by atoms with E-state index in [9.17, 15) is 9.59 Å². The minimum Gasteiger partial charge on any atom is -0.332 e. The van der Waals surface area contributed by atoms with E-state index in [0.717, 1.165) is 11.1 Å². The summed E-state index contributed by atoms with van der Waals surface area (Å²) in [7, 11) is 0. The highest BCUT2D eigenvalue weighted by Gasteiger charge is 2.36. The molecule has 2 aromatic carbocycles. The first-order valence-electron chi connectivity index (χ1n) is 9.40. The Morgan fingerprint density at radius 1 is 1.07 bits per heavy atom. The van der Waals surface area contributed by atoms with Gasteiger partial charge in [-0.15, -0.1) is 0 Å². The molecule has 1 aliphatic heterocycles. The number of carbonyl (C=O) groups excluding carboxylic acids is 2. The van der Waals surface area contributed by atoms with E-state index >= 15 is 0 Å². The maximum Gasteiger partial charge on any atom is 0.266 e. The van der Waals surface area contributed by atoms with Gasteiger partial charge in [0.05, 0.1) is 4.91 Å². The third-order valence-corrected chi connectivity index (χ3v) is 5.94. The molecule has 0 aliphatic carbocycles. The number of nitrogens with zero attached hydrogens (tertiary/aromatic N) is 2. The number of rotatable bonds is 5. The van der Waals surface area contributed by atoms with Crippen molar-refractivity contribution in [1.82, 2.24) is 9.80 Å². The van der Waals surface area contributed by atoms with Crippen molar-refractivity contribution >= 4 is 46.2 Å². The van der Waals surface area contributed by atoms with E-state index in [4.69, 9.17) is 12.2 Å². The van der Waals surface area contributed by atoms with Crippen molar-refractivity contribution < 1.29 is 9.59 Å². The van der Waals surface area contributed by atoms with Gasteiger partial charge in [0.1, 0.15) is 10.9 Å². The molecule has 1 heterocycles. The fourth-order valence-corrected chi connectivity index (χ4v) is 4.28. The summed E-state index contributed by atoms with van der Waals surface area (Å²) in [5.74, 6) is -0.343. The predicted molar refractivity (Wildman–Crippen MR) is 123 cm³/mol. The molecule has 0 N–H and O–H groups in total. The summed E-state index contributed by atoms with van der Waals surface area (Å²) >= 11 is 6.64. The van der Waals surface area contributed by atoms with Crippen LogP contribution in [0.3, 0.4) is 0 Å². The lowest BCUT2D eigenvalue weighted by atomic mass is 10.0. The monoisotopic (exact) mass is 424 g/mol. The first kappa shape index (κ1) is 21.3. The van der Waals surface area contributed by atoms with Crippen LogP contribution >= 0.6 is 24.0 Å². The van der Waals surface area contributed by atoms with Gasteiger partial charge in [-0.2, -0.15) is 0 Å². The number of thioether (sulfide) groups is 1. The second-order valence-corrected chi connectivity index (χ2v) is 9.49. The molecule has 2 aromatic rings. The molecule has 4 nitrogen and oxygen atoms in total. The Balaban J connectivity index is 1.76. The Labute approximate surface area is 181 Å². The summed E-state index contributed by atoms with van der Waals surface area (Å²) in [4.78, 5) is 29.8. The Morgan fingerprint density at radius 3 is 2.24 bits per heavy atom. The molecule has 1 aliphatic rings. The number of hydrogen-bond acceptors (Lipinski definition) is 4. The zero-order chi connectivity index (χ0) is 21.0. The van der Waals surface area contributed by atoms with Crippen LogP contribution in [0.15, 0.2) is 65.6 Å². The van der Waals surface area contributed by atoms with Crippen LogP contribution in [-0.2, 0) is 16.1 Å². The lowest BCUT2D eigenvalue weighted by Crippen LogP contribution is -2.49. The molecule has 29 heavy (non-hydrogen) atoms. The molecule has 0 radical (unpaired) electrons. The fraction of sp³-hybridized carbons (Fsp3) is 0.261. The molecule has 3 rings (SSSR count). The summed E-state index contributed by atoms with van der Waals surface area (Å²) < 4.78 is 0.416. The van der Waals surface area contributed by atoms with Crippen LogP contribution in [-0.4, -0.2) is 38.0 Å². The quantitative estimate of drug-likeness (QED) is 0.515. The number of amides is 2. The fourth-order valence-electron chi connectivity index (χ4n) is 3.02. The van der Waals surface area contributed by atoms with Gasteiger partial charge in [-0.25, -0.2) is 0 Å². The number of benzene rings is 2. The smallest absolute Gasteiger partial charge is 0.266 e. The number of hydrogen-bond donors (Lipinski definition) is 0.